The largest absolute Gasteiger partial charge is 0.348 e. The average molecular weight is 454 g/mol. The van der Waals surface area contributed by atoms with E-state index in [0.717, 1.165) is 16.8 Å². The number of rotatable bonds is 6. The molecule has 32 heavy (non-hydrogen) atoms. The molecule has 168 valence electrons. The molecular weight excluding hydrogens is 426 g/mol. The SMILES string of the molecule is Cn1nc(C(C)(C)C)cc1C(=O)Nc1cc(C(=O)NCc2ccc(CN)cc2)ccc1Cl. The van der Waals surface area contributed by atoms with Gasteiger partial charge in [-0.05, 0) is 35.4 Å². The van der Waals surface area contributed by atoms with Crippen LogP contribution in [0.2, 0.25) is 5.02 Å². The van der Waals surface area contributed by atoms with Crippen LogP contribution in [0.1, 0.15) is 58.4 Å². The summed E-state index contributed by atoms with van der Waals surface area (Å²) in [5.74, 6) is -0.620. The fraction of sp³-hybridized carbons (Fsp3) is 0.292. The first-order chi connectivity index (χ1) is 15.1. The van der Waals surface area contributed by atoms with Crippen LogP contribution in [0.5, 0.6) is 0 Å². The van der Waals surface area contributed by atoms with Gasteiger partial charge in [-0.1, -0.05) is 56.6 Å². The number of nitrogens with one attached hydrogen (secondary N) is 2. The third-order valence-electron chi connectivity index (χ3n) is 5.07. The van der Waals surface area contributed by atoms with Crippen LogP contribution in [0.25, 0.3) is 0 Å². The number of hydrogen-bond donors (Lipinski definition) is 3. The minimum atomic E-state index is -0.352. The lowest BCUT2D eigenvalue weighted by Crippen LogP contribution is -2.23. The molecule has 4 N–H and O–H groups in total. The van der Waals surface area contributed by atoms with E-state index in [1.165, 1.54) is 4.68 Å². The Labute approximate surface area is 193 Å². The zero-order valence-corrected chi connectivity index (χ0v) is 19.5. The normalized spacial score (nSPS) is 11.3. The fourth-order valence-electron chi connectivity index (χ4n) is 3.07. The molecular formula is C24H28ClN5O2. The van der Waals surface area contributed by atoms with Gasteiger partial charge in [0, 0.05) is 31.1 Å². The van der Waals surface area contributed by atoms with Crippen LogP contribution in [-0.4, -0.2) is 21.6 Å². The van der Waals surface area contributed by atoms with Crippen LogP contribution in [0.3, 0.4) is 0 Å². The molecule has 1 heterocycles. The number of carbonyl (C=O) groups excluding carboxylic acids is 2. The first kappa shape index (κ1) is 23.5. The van der Waals surface area contributed by atoms with Crippen molar-refractivity contribution in [2.24, 2.45) is 12.8 Å². The molecule has 0 bridgehead atoms. The Morgan fingerprint density at radius 1 is 1.03 bits per heavy atom. The minimum absolute atomic E-state index is 0.184. The van der Waals surface area contributed by atoms with Crippen LogP contribution < -0.4 is 16.4 Å². The summed E-state index contributed by atoms with van der Waals surface area (Å²) in [6, 6.07) is 14.2. The zero-order valence-electron chi connectivity index (χ0n) is 18.7. The lowest BCUT2D eigenvalue weighted by atomic mass is 9.92. The molecule has 0 saturated carbocycles. The lowest BCUT2D eigenvalue weighted by molar-refractivity contribution is 0.0949. The summed E-state index contributed by atoms with van der Waals surface area (Å²) in [6.45, 7) is 6.94. The quantitative estimate of drug-likeness (QED) is 0.524. The summed E-state index contributed by atoms with van der Waals surface area (Å²) in [7, 11) is 1.72. The summed E-state index contributed by atoms with van der Waals surface area (Å²) in [5, 5.41) is 10.4. The molecule has 0 aliphatic carbocycles. The smallest absolute Gasteiger partial charge is 0.273 e. The van der Waals surface area contributed by atoms with Crippen molar-refractivity contribution >= 4 is 29.1 Å². The number of nitrogens with zero attached hydrogens (tertiary/aromatic N) is 2. The van der Waals surface area contributed by atoms with Gasteiger partial charge < -0.3 is 16.4 Å². The molecule has 0 aliphatic heterocycles. The Hall–Kier alpha value is -3.16. The van der Waals surface area contributed by atoms with Crippen molar-refractivity contribution in [2.45, 2.75) is 39.3 Å². The molecule has 1 aromatic heterocycles. The Morgan fingerprint density at radius 3 is 2.28 bits per heavy atom. The van der Waals surface area contributed by atoms with Crippen molar-refractivity contribution in [3.8, 4) is 0 Å². The Bertz CT molecular complexity index is 1130. The maximum Gasteiger partial charge on any atom is 0.273 e. The Balaban J connectivity index is 1.71. The monoisotopic (exact) mass is 453 g/mol. The van der Waals surface area contributed by atoms with Gasteiger partial charge in [-0.15, -0.1) is 0 Å². The van der Waals surface area contributed by atoms with Gasteiger partial charge in [0.15, 0.2) is 0 Å². The third kappa shape index (κ3) is 5.55. The van der Waals surface area contributed by atoms with Gasteiger partial charge in [0.2, 0.25) is 0 Å². The van der Waals surface area contributed by atoms with E-state index in [1.807, 2.05) is 45.0 Å². The van der Waals surface area contributed by atoms with Gasteiger partial charge in [0.05, 0.1) is 16.4 Å². The molecule has 0 unspecified atom stereocenters. The molecule has 3 rings (SSSR count). The molecule has 2 aromatic carbocycles. The van der Waals surface area contributed by atoms with Gasteiger partial charge in [-0.3, -0.25) is 14.3 Å². The maximum absolute atomic E-state index is 12.8. The topological polar surface area (TPSA) is 102 Å². The fourth-order valence-corrected chi connectivity index (χ4v) is 3.24. The third-order valence-corrected chi connectivity index (χ3v) is 5.40. The van der Waals surface area contributed by atoms with E-state index in [2.05, 4.69) is 15.7 Å². The number of halogens is 1. The van der Waals surface area contributed by atoms with Gasteiger partial charge in [-0.25, -0.2) is 0 Å². The van der Waals surface area contributed by atoms with Crippen molar-refractivity contribution in [1.29, 1.82) is 0 Å². The van der Waals surface area contributed by atoms with E-state index in [4.69, 9.17) is 17.3 Å². The van der Waals surface area contributed by atoms with Crippen molar-refractivity contribution in [3.05, 3.63) is 81.6 Å². The number of carbonyl (C=O) groups is 2. The molecule has 7 nitrogen and oxygen atoms in total. The highest BCUT2D eigenvalue weighted by Gasteiger charge is 2.22. The Kier molecular flexibility index (Phi) is 7.01. The first-order valence-electron chi connectivity index (χ1n) is 10.3. The predicted molar refractivity (Wildman–Crippen MR) is 127 cm³/mol. The zero-order chi connectivity index (χ0) is 23.5. The highest BCUT2D eigenvalue weighted by molar-refractivity contribution is 6.34. The summed E-state index contributed by atoms with van der Waals surface area (Å²) in [5.41, 5.74) is 9.38. The van der Waals surface area contributed by atoms with Crippen molar-refractivity contribution in [2.75, 3.05) is 5.32 Å². The molecule has 0 fully saturated rings. The van der Waals surface area contributed by atoms with Gasteiger partial charge >= 0.3 is 0 Å². The first-order valence-corrected chi connectivity index (χ1v) is 10.7. The Morgan fingerprint density at radius 2 is 1.69 bits per heavy atom. The number of amides is 2. The van der Waals surface area contributed by atoms with Crippen LogP contribution in [0.4, 0.5) is 5.69 Å². The second kappa shape index (κ2) is 9.54. The van der Waals surface area contributed by atoms with Gasteiger partial charge in [-0.2, -0.15) is 5.10 Å². The van der Waals surface area contributed by atoms with E-state index >= 15 is 0 Å². The molecule has 0 radical (unpaired) electrons. The molecule has 0 spiro atoms. The molecule has 0 saturated heterocycles. The van der Waals surface area contributed by atoms with Crippen LogP contribution >= 0.6 is 11.6 Å². The number of hydrogen-bond acceptors (Lipinski definition) is 4. The summed E-state index contributed by atoms with van der Waals surface area (Å²) in [6.07, 6.45) is 0. The maximum atomic E-state index is 12.8. The minimum Gasteiger partial charge on any atom is -0.348 e. The summed E-state index contributed by atoms with van der Waals surface area (Å²) >= 11 is 6.27. The van der Waals surface area contributed by atoms with E-state index < -0.39 is 0 Å². The van der Waals surface area contributed by atoms with E-state index in [1.54, 1.807) is 31.3 Å². The van der Waals surface area contributed by atoms with Crippen molar-refractivity contribution in [3.63, 3.8) is 0 Å². The van der Waals surface area contributed by atoms with Crippen LogP contribution in [-0.2, 0) is 25.6 Å². The van der Waals surface area contributed by atoms with Crippen molar-refractivity contribution in [1.82, 2.24) is 15.1 Å². The van der Waals surface area contributed by atoms with Gasteiger partial charge in [0.25, 0.3) is 11.8 Å². The standard InChI is InChI=1S/C24H28ClN5O2/c1-24(2,3)21-12-20(30(4)29-21)23(32)28-19-11-17(9-10-18(19)25)22(31)27-14-16-7-5-15(13-26)6-8-16/h5-12H,13-14,26H2,1-4H3,(H,27,31)(H,28,32). The van der Waals surface area contributed by atoms with Crippen LogP contribution in [0.15, 0.2) is 48.5 Å². The molecule has 0 atom stereocenters. The average Bonchev–Trinajstić information content (AvgIpc) is 3.16. The molecule has 8 heteroatoms. The van der Waals surface area contributed by atoms with Crippen molar-refractivity contribution < 1.29 is 9.59 Å². The summed E-state index contributed by atoms with van der Waals surface area (Å²) < 4.78 is 1.54. The second-order valence-electron chi connectivity index (χ2n) is 8.64. The number of aryl methyl sites for hydroxylation is 1. The number of nitrogens with two attached hydrogens (primary N) is 1. The number of benzene rings is 2. The number of aromatic nitrogens is 2. The second-order valence-corrected chi connectivity index (χ2v) is 9.05. The van der Waals surface area contributed by atoms with E-state index in [0.29, 0.717) is 35.1 Å². The molecule has 3 aromatic rings. The van der Waals surface area contributed by atoms with E-state index in [-0.39, 0.29) is 17.2 Å². The van der Waals surface area contributed by atoms with Crippen LogP contribution in [0, 0.1) is 0 Å². The van der Waals surface area contributed by atoms with Gasteiger partial charge in [0.1, 0.15) is 5.69 Å². The van der Waals surface area contributed by atoms with E-state index in [9.17, 15) is 9.59 Å². The highest BCUT2D eigenvalue weighted by atomic mass is 35.5. The highest BCUT2D eigenvalue weighted by Crippen LogP contribution is 2.25. The predicted octanol–water partition coefficient (Wildman–Crippen LogP) is 4.01. The summed E-state index contributed by atoms with van der Waals surface area (Å²) in [4.78, 5) is 25.5. The lowest BCUT2D eigenvalue weighted by Gasteiger charge is -2.13. The molecule has 0 aliphatic rings. The molecule has 2 amide bonds. The number of anilines is 1.